The van der Waals surface area contributed by atoms with Gasteiger partial charge in [-0.1, -0.05) is 23.2 Å². The zero-order valence-electron chi connectivity index (χ0n) is 19.1. The maximum Gasteiger partial charge on any atom is 0.253 e. The standard InChI is InChI=1S/C24H23Cl2N5O3/c1-13-21(5-6-22(32)28-18-10-16(25)9-17(26)11-18)14(2)31-24(27-13)29-23(30-31)15-7-19(33-3)12-20(8-15)34-4/h7-12H,5-6H2,1-4H3,(H,28,32). The molecule has 10 heteroatoms. The van der Waals surface area contributed by atoms with Crippen LogP contribution >= 0.6 is 23.2 Å². The Morgan fingerprint density at radius 3 is 2.24 bits per heavy atom. The molecule has 0 spiro atoms. The minimum absolute atomic E-state index is 0.153. The van der Waals surface area contributed by atoms with Gasteiger partial charge in [0.15, 0.2) is 5.82 Å². The number of carbonyl (C=O) groups is 1. The van der Waals surface area contributed by atoms with Gasteiger partial charge in [0.25, 0.3) is 5.78 Å². The van der Waals surface area contributed by atoms with E-state index in [1.165, 1.54) is 0 Å². The molecule has 2 aromatic heterocycles. The van der Waals surface area contributed by atoms with Gasteiger partial charge in [-0.3, -0.25) is 4.79 Å². The fourth-order valence-corrected chi connectivity index (χ4v) is 4.24. The van der Waals surface area contributed by atoms with Crippen molar-refractivity contribution in [3.8, 4) is 22.9 Å². The number of fused-ring (bicyclic) bond motifs is 1. The lowest BCUT2D eigenvalue weighted by Crippen LogP contribution is -2.14. The van der Waals surface area contributed by atoms with Gasteiger partial charge in [0.2, 0.25) is 5.91 Å². The number of hydrogen-bond acceptors (Lipinski definition) is 6. The van der Waals surface area contributed by atoms with Gasteiger partial charge < -0.3 is 14.8 Å². The monoisotopic (exact) mass is 499 g/mol. The molecular formula is C24H23Cl2N5O3. The molecule has 34 heavy (non-hydrogen) atoms. The molecule has 0 unspecified atom stereocenters. The van der Waals surface area contributed by atoms with E-state index in [1.54, 1.807) is 43.0 Å². The fraction of sp³-hybridized carbons (Fsp3) is 0.250. The van der Waals surface area contributed by atoms with Crippen LogP contribution in [0, 0.1) is 13.8 Å². The highest BCUT2D eigenvalue weighted by Gasteiger charge is 2.17. The topological polar surface area (TPSA) is 90.6 Å². The molecule has 0 aliphatic carbocycles. The molecule has 0 saturated heterocycles. The van der Waals surface area contributed by atoms with Crippen molar-refractivity contribution in [2.24, 2.45) is 0 Å². The predicted octanol–water partition coefficient (Wildman–Crippen LogP) is 5.30. The Bertz CT molecular complexity index is 1340. The lowest BCUT2D eigenvalue weighted by molar-refractivity contribution is -0.116. The number of anilines is 1. The van der Waals surface area contributed by atoms with Crippen LogP contribution in [0.25, 0.3) is 17.2 Å². The van der Waals surface area contributed by atoms with Crippen LogP contribution in [0.15, 0.2) is 36.4 Å². The molecule has 8 nitrogen and oxygen atoms in total. The minimum atomic E-state index is -0.153. The number of amides is 1. The third kappa shape index (κ3) is 5.08. The van der Waals surface area contributed by atoms with Crippen molar-refractivity contribution < 1.29 is 14.3 Å². The number of methoxy groups -OCH3 is 2. The Labute approximate surface area is 206 Å². The molecule has 176 valence electrons. The van der Waals surface area contributed by atoms with E-state index in [0.717, 1.165) is 22.5 Å². The zero-order valence-corrected chi connectivity index (χ0v) is 20.7. The summed E-state index contributed by atoms with van der Waals surface area (Å²) in [6, 6.07) is 10.4. The first-order valence-electron chi connectivity index (χ1n) is 10.5. The number of benzene rings is 2. The summed E-state index contributed by atoms with van der Waals surface area (Å²) in [5.74, 6) is 2.11. The van der Waals surface area contributed by atoms with E-state index in [4.69, 9.17) is 32.7 Å². The molecule has 2 aromatic carbocycles. The van der Waals surface area contributed by atoms with Crippen molar-refractivity contribution in [3.05, 3.63) is 63.4 Å². The summed E-state index contributed by atoms with van der Waals surface area (Å²) in [5, 5.41) is 8.40. The number of carbonyl (C=O) groups excluding carboxylic acids is 1. The number of ether oxygens (including phenoxy) is 2. The first-order chi connectivity index (χ1) is 16.3. The summed E-state index contributed by atoms with van der Waals surface area (Å²) >= 11 is 12.0. The number of rotatable bonds is 7. The molecule has 4 rings (SSSR count). The Hall–Kier alpha value is -3.36. The number of aromatic nitrogens is 4. The second-order valence-electron chi connectivity index (χ2n) is 7.72. The lowest BCUT2D eigenvalue weighted by Gasteiger charge is -2.11. The number of nitrogens with one attached hydrogen (secondary N) is 1. The van der Waals surface area contributed by atoms with Crippen LogP contribution in [0.1, 0.15) is 23.4 Å². The Morgan fingerprint density at radius 2 is 1.62 bits per heavy atom. The van der Waals surface area contributed by atoms with Crippen molar-refractivity contribution in [2.75, 3.05) is 19.5 Å². The van der Waals surface area contributed by atoms with E-state index in [0.29, 0.717) is 45.3 Å². The van der Waals surface area contributed by atoms with Gasteiger partial charge in [-0.25, -0.2) is 9.50 Å². The molecule has 0 radical (unpaired) electrons. The van der Waals surface area contributed by atoms with Crippen molar-refractivity contribution in [1.29, 1.82) is 0 Å². The van der Waals surface area contributed by atoms with Gasteiger partial charge in [0, 0.05) is 45.2 Å². The van der Waals surface area contributed by atoms with E-state index >= 15 is 0 Å². The minimum Gasteiger partial charge on any atom is -0.497 e. The van der Waals surface area contributed by atoms with E-state index in [2.05, 4.69) is 20.4 Å². The molecule has 0 saturated carbocycles. The molecule has 0 aliphatic rings. The molecule has 2 heterocycles. The van der Waals surface area contributed by atoms with Crippen molar-refractivity contribution in [1.82, 2.24) is 19.6 Å². The van der Waals surface area contributed by atoms with Crippen LogP contribution in [0.4, 0.5) is 5.69 Å². The zero-order chi connectivity index (χ0) is 24.4. The van der Waals surface area contributed by atoms with Crippen LogP contribution in [0.2, 0.25) is 10.0 Å². The van der Waals surface area contributed by atoms with E-state index in [1.807, 2.05) is 26.0 Å². The summed E-state index contributed by atoms with van der Waals surface area (Å²) in [6.07, 6.45) is 0.747. The second-order valence-corrected chi connectivity index (χ2v) is 8.59. The third-order valence-electron chi connectivity index (χ3n) is 5.41. The molecular weight excluding hydrogens is 477 g/mol. The first-order valence-corrected chi connectivity index (χ1v) is 11.2. The second kappa shape index (κ2) is 9.87. The van der Waals surface area contributed by atoms with E-state index in [9.17, 15) is 4.79 Å². The van der Waals surface area contributed by atoms with Crippen LogP contribution in [0.5, 0.6) is 11.5 Å². The van der Waals surface area contributed by atoms with Crippen LogP contribution in [0.3, 0.4) is 0 Å². The van der Waals surface area contributed by atoms with Crippen molar-refractivity contribution >= 4 is 40.6 Å². The predicted molar refractivity (Wildman–Crippen MR) is 132 cm³/mol. The number of nitrogens with zero attached hydrogens (tertiary/aromatic N) is 4. The highest BCUT2D eigenvalue weighted by Crippen LogP contribution is 2.29. The molecule has 0 atom stereocenters. The van der Waals surface area contributed by atoms with E-state index < -0.39 is 0 Å². The van der Waals surface area contributed by atoms with Gasteiger partial charge in [-0.15, -0.1) is 5.10 Å². The summed E-state index contributed by atoms with van der Waals surface area (Å²) in [5.41, 5.74) is 3.91. The third-order valence-corrected chi connectivity index (χ3v) is 5.84. The maximum atomic E-state index is 12.5. The smallest absolute Gasteiger partial charge is 0.253 e. The lowest BCUT2D eigenvalue weighted by atomic mass is 10.1. The van der Waals surface area contributed by atoms with Crippen LogP contribution < -0.4 is 14.8 Å². The Morgan fingerprint density at radius 1 is 0.971 bits per heavy atom. The molecule has 0 aliphatic heterocycles. The number of aryl methyl sites for hydroxylation is 2. The Balaban J connectivity index is 1.58. The molecule has 0 bridgehead atoms. The Kier molecular flexibility index (Phi) is 6.90. The number of halogens is 2. The molecule has 4 aromatic rings. The van der Waals surface area contributed by atoms with Crippen molar-refractivity contribution in [2.45, 2.75) is 26.7 Å². The average Bonchev–Trinajstić information content (AvgIpc) is 3.22. The normalized spacial score (nSPS) is 11.0. The van der Waals surface area contributed by atoms with Crippen LogP contribution in [-0.4, -0.2) is 39.7 Å². The molecule has 1 amide bonds. The average molecular weight is 500 g/mol. The molecule has 0 fully saturated rings. The largest absolute Gasteiger partial charge is 0.497 e. The quantitative estimate of drug-likeness (QED) is 0.370. The fourth-order valence-electron chi connectivity index (χ4n) is 3.72. The summed E-state index contributed by atoms with van der Waals surface area (Å²) in [7, 11) is 3.18. The van der Waals surface area contributed by atoms with Gasteiger partial charge in [0.05, 0.1) is 14.2 Å². The van der Waals surface area contributed by atoms with Crippen molar-refractivity contribution in [3.63, 3.8) is 0 Å². The van der Waals surface area contributed by atoms with E-state index in [-0.39, 0.29) is 12.3 Å². The first kappa shape index (κ1) is 23.8. The van der Waals surface area contributed by atoms with Gasteiger partial charge in [-0.2, -0.15) is 4.98 Å². The summed E-state index contributed by atoms with van der Waals surface area (Å²) in [6.45, 7) is 3.84. The van der Waals surface area contributed by atoms with Gasteiger partial charge >= 0.3 is 0 Å². The highest BCUT2D eigenvalue weighted by molar-refractivity contribution is 6.35. The van der Waals surface area contributed by atoms with Gasteiger partial charge in [-0.05, 0) is 56.2 Å². The SMILES string of the molecule is COc1cc(OC)cc(-c2nc3nc(C)c(CCC(=O)Nc4cc(Cl)cc(Cl)c4)c(C)n3n2)c1. The summed E-state index contributed by atoms with van der Waals surface area (Å²) in [4.78, 5) is 21.7. The van der Waals surface area contributed by atoms with Crippen LogP contribution in [-0.2, 0) is 11.2 Å². The maximum absolute atomic E-state index is 12.5. The van der Waals surface area contributed by atoms with Gasteiger partial charge in [0.1, 0.15) is 11.5 Å². The molecule has 1 N–H and O–H groups in total. The highest BCUT2D eigenvalue weighted by atomic mass is 35.5. The number of hydrogen-bond donors (Lipinski definition) is 1. The summed E-state index contributed by atoms with van der Waals surface area (Å²) < 4.78 is 12.4.